The lowest BCUT2D eigenvalue weighted by atomic mass is 9.63. The van der Waals surface area contributed by atoms with Crippen molar-refractivity contribution in [2.24, 2.45) is 17.3 Å². The summed E-state index contributed by atoms with van der Waals surface area (Å²) in [5.41, 5.74) is 3.57. The lowest BCUT2D eigenvalue weighted by molar-refractivity contribution is 0.0703. The lowest BCUT2D eigenvalue weighted by Gasteiger charge is -2.38. The number of hydrogen-bond donors (Lipinski definition) is 0. The molecular formula is C22H22O. The Hall–Kier alpha value is -1.89. The van der Waals surface area contributed by atoms with Gasteiger partial charge in [0, 0.05) is 11.0 Å². The molecule has 3 unspecified atom stereocenters. The Kier molecular flexibility index (Phi) is 2.69. The molecule has 1 heteroatoms. The second-order valence-corrected chi connectivity index (χ2v) is 7.72. The van der Waals surface area contributed by atoms with Gasteiger partial charge in [-0.1, -0.05) is 43.3 Å². The third-order valence-electron chi connectivity index (χ3n) is 6.58. The van der Waals surface area contributed by atoms with Crippen molar-refractivity contribution in [2.75, 3.05) is 0 Å². The summed E-state index contributed by atoms with van der Waals surface area (Å²) in [7, 11) is 0. The number of aryl methyl sites for hydroxylation is 2. The summed E-state index contributed by atoms with van der Waals surface area (Å²) in [6, 6.07) is 11.1. The zero-order chi connectivity index (χ0) is 15.6. The molecule has 2 aromatic rings. The van der Waals surface area contributed by atoms with Crippen LogP contribution in [0, 0.1) is 17.3 Å². The summed E-state index contributed by atoms with van der Waals surface area (Å²) < 4.78 is 0. The predicted molar refractivity (Wildman–Crippen MR) is 93.8 cm³/mol. The number of hydrogen-bond acceptors (Lipinski definition) is 1. The van der Waals surface area contributed by atoms with E-state index in [1.165, 1.54) is 28.3 Å². The van der Waals surface area contributed by atoms with Gasteiger partial charge in [0.05, 0.1) is 0 Å². The standard InChI is InChI=1S/C22H22O/c1-2-14-3-5-16-12-20-17(11-18(16)9-14)7-8-22(21(20)23)13-15-4-6-19(22)10-15/h3-6,9,11-12,15,19H,2,7-8,10,13H2,1H3. The Balaban J connectivity index is 1.64. The monoisotopic (exact) mass is 302 g/mol. The van der Waals surface area contributed by atoms with E-state index in [0.29, 0.717) is 17.6 Å². The summed E-state index contributed by atoms with van der Waals surface area (Å²) in [5.74, 6) is 1.57. The molecule has 0 N–H and O–H groups in total. The van der Waals surface area contributed by atoms with Crippen molar-refractivity contribution in [1.29, 1.82) is 0 Å². The highest BCUT2D eigenvalue weighted by molar-refractivity contribution is 6.06. The molecule has 1 fully saturated rings. The maximum absolute atomic E-state index is 13.4. The van der Waals surface area contributed by atoms with Gasteiger partial charge in [-0.25, -0.2) is 0 Å². The fraction of sp³-hybridized carbons (Fsp3) is 0.409. The van der Waals surface area contributed by atoms with Crippen molar-refractivity contribution in [3.05, 3.63) is 59.2 Å². The molecule has 3 aliphatic carbocycles. The van der Waals surface area contributed by atoms with Gasteiger partial charge < -0.3 is 0 Å². The summed E-state index contributed by atoms with van der Waals surface area (Å²) in [4.78, 5) is 13.4. The molecule has 0 aliphatic heterocycles. The first kappa shape index (κ1) is 13.5. The van der Waals surface area contributed by atoms with Gasteiger partial charge in [-0.3, -0.25) is 4.79 Å². The van der Waals surface area contributed by atoms with E-state index in [-0.39, 0.29) is 5.41 Å². The summed E-state index contributed by atoms with van der Waals surface area (Å²) in [5, 5.41) is 2.50. The van der Waals surface area contributed by atoms with Gasteiger partial charge in [-0.05, 0) is 71.9 Å². The average molecular weight is 302 g/mol. The number of Topliss-reactive ketones (excluding diaryl/α,β-unsaturated/α-hetero) is 1. The highest BCUT2D eigenvalue weighted by Gasteiger charge is 2.54. The van der Waals surface area contributed by atoms with Gasteiger partial charge in [0.2, 0.25) is 0 Å². The minimum atomic E-state index is -0.0799. The van der Waals surface area contributed by atoms with Gasteiger partial charge in [0.1, 0.15) is 0 Å². The Morgan fingerprint density at radius 2 is 2.04 bits per heavy atom. The molecule has 116 valence electrons. The van der Waals surface area contributed by atoms with Gasteiger partial charge in [-0.15, -0.1) is 0 Å². The summed E-state index contributed by atoms with van der Waals surface area (Å²) in [6.45, 7) is 2.19. The smallest absolute Gasteiger partial charge is 0.169 e. The van der Waals surface area contributed by atoms with Crippen molar-refractivity contribution in [1.82, 2.24) is 0 Å². The van der Waals surface area contributed by atoms with Crippen molar-refractivity contribution in [2.45, 2.75) is 39.0 Å². The topological polar surface area (TPSA) is 17.1 Å². The summed E-state index contributed by atoms with van der Waals surface area (Å²) >= 11 is 0. The molecule has 1 nitrogen and oxygen atoms in total. The van der Waals surface area contributed by atoms with Crippen molar-refractivity contribution in [3.63, 3.8) is 0 Å². The third-order valence-corrected chi connectivity index (χ3v) is 6.58. The fourth-order valence-electron chi connectivity index (χ4n) is 5.28. The number of rotatable bonds is 1. The van der Waals surface area contributed by atoms with Crippen LogP contribution >= 0.6 is 0 Å². The molecule has 23 heavy (non-hydrogen) atoms. The van der Waals surface area contributed by atoms with Crippen LogP contribution in [0.3, 0.4) is 0 Å². The van der Waals surface area contributed by atoms with Gasteiger partial charge >= 0.3 is 0 Å². The molecule has 3 aliphatic rings. The molecule has 0 heterocycles. The minimum Gasteiger partial charge on any atom is -0.294 e. The molecule has 2 bridgehead atoms. The lowest BCUT2D eigenvalue weighted by Crippen LogP contribution is -2.39. The molecule has 1 saturated carbocycles. The SMILES string of the molecule is CCc1ccc2cc3c(cc2c1)CCC1(CC2C=CC1C2)C3=O. The van der Waals surface area contributed by atoms with Crippen molar-refractivity contribution in [3.8, 4) is 0 Å². The normalized spacial score (nSPS) is 31.3. The number of fused-ring (bicyclic) bond motifs is 5. The maximum atomic E-state index is 13.4. The maximum Gasteiger partial charge on any atom is 0.169 e. The summed E-state index contributed by atoms with van der Waals surface area (Å²) in [6.07, 6.45) is 10.1. The van der Waals surface area contributed by atoms with Crippen LogP contribution < -0.4 is 0 Å². The Morgan fingerprint density at radius 1 is 1.13 bits per heavy atom. The van der Waals surface area contributed by atoms with Crippen LogP contribution in [-0.4, -0.2) is 5.78 Å². The van der Waals surface area contributed by atoms with E-state index in [9.17, 15) is 4.79 Å². The first-order chi connectivity index (χ1) is 11.2. The molecule has 3 atom stereocenters. The highest BCUT2D eigenvalue weighted by Crippen LogP contribution is 2.57. The van der Waals surface area contributed by atoms with E-state index >= 15 is 0 Å². The Morgan fingerprint density at radius 3 is 2.78 bits per heavy atom. The second-order valence-electron chi connectivity index (χ2n) is 7.72. The van der Waals surface area contributed by atoms with Crippen LogP contribution in [0.15, 0.2) is 42.5 Å². The van der Waals surface area contributed by atoms with E-state index in [4.69, 9.17) is 0 Å². The average Bonchev–Trinajstić information content (AvgIpc) is 3.18. The second kappa shape index (κ2) is 4.56. The highest BCUT2D eigenvalue weighted by atomic mass is 16.1. The van der Waals surface area contributed by atoms with Crippen LogP contribution in [-0.2, 0) is 12.8 Å². The van der Waals surface area contributed by atoms with E-state index in [0.717, 1.165) is 31.2 Å². The van der Waals surface area contributed by atoms with Crippen LogP contribution in [0.25, 0.3) is 10.8 Å². The number of carbonyl (C=O) groups excluding carboxylic acids is 1. The van der Waals surface area contributed by atoms with E-state index < -0.39 is 0 Å². The van der Waals surface area contributed by atoms with Crippen LogP contribution in [0.4, 0.5) is 0 Å². The molecular weight excluding hydrogens is 280 g/mol. The number of carbonyl (C=O) groups is 1. The van der Waals surface area contributed by atoms with Gasteiger partial charge in [0.15, 0.2) is 5.78 Å². The van der Waals surface area contributed by atoms with E-state index in [1.807, 2.05) is 0 Å². The van der Waals surface area contributed by atoms with Gasteiger partial charge in [0.25, 0.3) is 0 Å². The zero-order valence-corrected chi connectivity index (χ0v) is 13.6. The fourth-order valence-corrected chi connectivity index (χ4v) is 5.28. The molecule has 0 amide bonds. The van der Waals surface area contributed by atoms with Gasteiger partial charge in [-0.2, -0.15) is 0 Å². The number of allylic oxidation sites excluding steroid dienone is 2. The number of benzene rings is 2. The molecule has 0 radical (unpaired) electrons. The van der Waals surface area contributed by atoms with E-state index in [2.05, 4.69) is 49.4 Å². The largest absolute Gasteiger partial charge is 0.294 e. The Bertz CT molecular complexity index is 860. The number of ketones is 1. The molecule has 2 aromatic carbocycles. The van der Waals surface area contributed by atoms with Crippen molar-refractivity contribution < 1.29 is 4.79 Å². The van der Waals surface area contributed by atoms with E-state index in [1.54, 1.807) is 0 Å². The molecule has 5 rings (SSSR count). The third kappa shape index (κ3) is 1.77. The van der Waals surface area contributed by atoms with Crippen LogP contribution in [0.2, 0.25) is 0 Å². The van der Waals surface area contributed by atoms with Crippen LogP contribution in [0.5, 0.6) is 0 Å². The predicted octanol–water partition coefficient (Wildman–Crippen LogP) is 5.11. The first-order valence-electron chi connectivity index (χ1n) is 8.98. The molecule has 0 aromatic heterocycles. The minimum absolute atomic E-state index is 0.0799. The quantitative estimate of drug-likeness (QED) is 0.669. The van der Waals surface area contributed by atoms with Crippen molar-refractivity contribution >= 4 is 16.6 Å². The molecule has 0 saturated heterocycles. The first-order valence-corrected chi connectivity index (χ1v) is 8.98. The molecule has 1 spiro atoms. The van der Waals surface area contributed by atoms with Crippen LogP contribution in [0.1, 0.15) is 47.7 Å². The zero-order valence-electron chi connectivity index (χ0n) is 13.6. The Labute approximate surface area is 137 Å².